The molecule has 0 aliphatic heterocycles. The van der Waals surface area contributed by atoms with Gasteiger partial charge in [-0.05, 0) is 29.3 Å². The van der Waals surface area contributed by atoms with Gasteiger partial charge in [-0.2, -0.15) is 0 Å². The van der Waals surface area contributed by atoms with Crippen molar-refractivity contribution in [2.24, 2.45) is 0 Å². The first-order valence-corrected chi connectivity index (χ1v) is 6.13. The van der Waals surface area contributed by atoms with Gasteiger partial charge in [0.05, 0.1) is 5.02 Å². The van der Waals surface area contributed by atoms with E-state index in [0.717, 1.165) is 0 Å². The molecule has 0 aliphatic carbocycles. The van der Waals surface area contributed by atoms with Crippen LogP contribution in [0.4, 0.5) is 8.78 Å². The van der Waals surface area contributed by atoms with E-state index in [1.165, 1.54) is 30.3 Å². The number of hydrogen-bond acceptors (Lipinski definition) is 1. The number of halogens is 3. The van der Waals surface area contributed by atoms with Crippen LogP contribution in [0.5, 0.6) is 0 Å². The van der Waals surface area contributed by atoms with Crippen molar-refractivity contribution in [1.82, 2.24) is 0 Å². The van der Waals surface area contributed by atoms with Crippen molar-refractivity contribution in [1.29, 1.82) is 0 Å². The third-order valence-corrected chi connectivity index (χ3v) is 3.00. The van der Waals surface area contributed by atoms with Crippen LogP contribution in [0.1, 0.15) is 11.1 Å². The highest BCUT2D eigenvalue weighted by Crippen LogP contribution is 2.19. The average Bonchev–Trinajstić information content (AvgIpc) is 2.35. The van der Waals surface area contributed by atoms with Gasteiger partial charge in [0, 0.05) is 12.8 Å². The third-order valence-electron chi connectivity index (χ3n) is 2.71. The molecule has 0 atom stereocenters. The number of rotatable bonds is 4. The van der Waals surface area contributed by atoms with Crippen LogP contribution < -0.4 is 0 Å². The second-order valence-corrected chi connectivity index (χ2v) is 4.64. The molecule has 1 nitrogen and oxygen atoms in total. The van der Waals surface area contributed by atoms with Crippen molar-refractivity contribution in [2.75, 3.05) is 0 Å². The summed E-state index contributed by atoms with van der Waals surface area (Å²) in [6.07, 6.45) is 0.0205. The molecule has 2 aromatic carbocycles. The molecule has 0 saturated heterocycles. The Kier molecular flexibility index (Phi) is 4.27. The van der Waals surface area contributed by atoms with Crippen molar-refractivity contribution >= 4 is 17.4 Å². The number of carbonyl (C=O) groups is 1. The van der Waals surface area contributed by atoms with Crippen molar-refractivity contribution < 1.29 is 13.6 Å². The molecule has 2 rings (SSSR count). The van der Waals surface area contributed by atoms with E-state index in [9.17, 15) is 13.6 Å². The zero-order valence-electron chi connectivity index (χ0n) is 10.00. The summed E-state index contributed by atoms with van der Waals surface area (Å²) in [6, 6.07) is 10.3. The molecule has 0 saturated carbocycles. The lowest BCUT2D eigenvalue weighted by atomic mass is 10.0. The second-order valence-electron chi connectivity index (χ2n) is 4.24. The molecule has 0 aromatic heterocycles. The first-order valence-electron chi connectivity index (χ1n) is 5.75. The maximum absolute atomic E-state index is 13.6. The highest BCUT2D eigenvalue weighted by atomic mass is 35.5. The summed E-state index contributed by atoms with van der Waals surface area (Å²) < 4.78 is 26.6. The lowest BCUT2D eigenvalue weighted by molar-refractivity contribution is -0.117. The summed E-state index contributed by atoms with van der Waals surface area (Å²) >= 11 is 5.64. The van der Waals surface area contributed by atoms with E-state index in [4.69, 9.17) is 11.6 Å². The van der Waals surface area contributed by atoms with E-state index in [0.29, 0.717) is 5.56 Å². The minimum absolute atomic E-state index is 0.00365. The Morgan fingerprint density at radius 3 is 2.53 bits per heavy atom. The lowest BCUT2D eigenvalue weighted by Crippen LogP contribution is -2.08. The van der Waals surface area contributed by atoms with Crippen LogP contribution in [0.15, 0.2) is 42.5 Å². The van der Waals surface area contributed by atoms with Gasteiger partial charge in [0.25, 0.3) is 0 Å². The van der Waals surface area contributed by atoms with Crippen LogP contribution in [0.25, 0.3) is 0 Å². The highest BCUT2D eigenvalue weighted by Gasteiger charge is 2.11. The second kappa shape index (κ2) is 5.93. The van der Waals surface area contributed by atoms with Crippen LogP contribution in [-0.4, -0.2) is 5.78 Å². The van der Waals surface area contributed by atoms with Gasteiger partial charge < -0.3 is 0 Å². The molecule has 0 bridgehead atoms. The van der Waals surface area contributed by atoms with Crippen LogP contribution >= 0.6 is 11.6 Å². The predicted octanol–water partition coefficient (Wildman–Crippen LogP) is 3.97. The van der Waals surface area contributed by atoms with Gasteiger partial charge in [-0.25, -0.2) is 8.78 Å². The van der Waals surface area contributed by atoms with E-state index >= 15 is 0 Å². The van der Waals surface area contributed by atoms with E-state index in [1.54, 1.807) is 12.1 Å². The summed E-state index contributed by atoms with van der Waals surface area (Å²) in [5.41, 5.74) is 0.835. The molecule has 0 N–H and O–H groups in total. The molecule has 19 heavy (non-hydrogen) atoms. The fraction of sp³-hybridized carbons (Fsp3) is 0.133. The van der Waals surface area contributed by atoms with Gasteiger partial charge in [0.15, 0.2) is 0 Å². The Morgan fingerprint density at radius 2 is 1.79 bits per heavy atom. The Morgan fingerprint density at radius 1 is 1.05 bits per heavy atom. The molecule has 0 unspecified atom stereocenters. The van der Waals surface area contributed by atoms with Crippen LogP contribution in [0.3, 0.4) is 0 Å². The Hall–Kier alpha value is -1.74. The number of Topliss-reactive ketones (excluding diaryl/α,β-unsaturated/α-hetero) is 1. The van der Waals surface area contributed by atoms with E-state index in [2.05, 4.69) is 0 Å². The van der Waals surface area contributed by atoms with Gasteiger partial charge >= 0.3 is 0 Å². The normalized spacial score (nSPS) is 10.5. The standard InChI is InChI=1S/C15H11ClF2O/c16-14-6-2-4-11(15(14)18)9-13(19)8-10-3-1-5-12(17)7-10/h1-7H,8-9H2. The molecular weight excluding hydrogens is 270 g/mol. The van der Waals surface area contributed by atoms with Crippen molar-refractivity contribution in [2.45, 2.75) is 12.8 Å². The van der Waals surface area contributed by atoms with Crippen LogP contribution in [-0.2, 0) is 17.6 Å². The summed E-state index contributed by atoms with van der Waals surface area (Å²) in [5, 5.41) is -0.00365. The number of hydrogen-bond donors (Lipinski definition) is 0. The summed E-state index contributed by atoms with van der Waals surface area (Å²) in [5.74, 6) is -1.15. The van der Waals surface area contributed by atoms with Crippen LogP contribution in [0.2, 0.25) is 5.02 Å². The van der Waals surface area contributed by atoms with Gasteiger partial charge in [-0.3, -0.25) is 4.79 Å². The molecule has 0 aliphatic rings. The van der Waals surface area contributed by atoms with E-state index in [1.807, 2.05) is 0 Å². The Balaban J connectivity index is 2.08. The van der Waals surface area contributed by atoms with Gasteiger partial charge in [-0.15, -0.1) is 0 Å². The highest BCUT2D eigenvalue weighted by molar-refractivity contribution is 6.30. The molecule has 4 heteroatoms. The summed E-state index contributed by atoms with van der Waals surface area (Å²) in [7, 11) is 0. The average molecular weight is 281 g/mol. The molecular formula is C15H11ClF2O. The number of benzene rings is 2. The fourth-order valence-corrected chi connectivity index (χ4v) is 2.03. The molecule has 0 radical (unpaired) electrons. The van der Waals surface area contributed by atoms with Crippen molar-refractivity contribution in [3.63, 3.8) is 0 Å². The molecule has 0 heterocycles. The predicted molar refractivity (Wildman–Crippen MR) is 70.2 cm³/mol. The minimum atomic E-state index is -0.572. The number of carbonyl (C=O) groups excluding carboxylic acids is 1. The summed E-state index contributed by atoms with van der Waals surface area (Å²) in [4.78, 5) is 11.8. The number of ketones is 1. The third kappa shape index (κ3) is 3.61. The van der Waals surface area contributed by atoms with Gasteiger partial charge in [0.2, 0.25) is 0 Å². The molecule has 0 spiro atoms. The molecule has 0 fully saturated rings. The maximum Gasteiger partial charge on any atom is 0.145 e. The topological polar surface area (TPSA) is 17.1 Å². The van der Waals surface area contributed by atoms with E-state index < -0.39 is 5.82 Å². The monoisotopic (exact) mass is 280 g/mol. The van der Waals surface area contributed by atoms with E-state index in [-0.39, 0.29) is 35.0 Å². The lowest BCUT2D eigenvalue weighted by Gasteiger charge is -2.04. The smallest absolute Gasteiger partial charge is 0.145 e. The minimum Gasteiger partial charge on any atom is -0.299 e. The molecule has 0 amide bonds. The Bertz CT molecular complexity index is 611. The van der Waals surface area contributed by atoms with Gasteiger partial charge in [0.1, 0.15) is 17.4 Å². The van der Waals surface area contributed by atoms with Crippen molar-refractivity contribution in [3.8, 4) is 0 Å². The summed E-state index contributed by atoms with van der Waals surface area (Å²) in [6.45, 7) is 0. The zero-order valence-corrected chi connectivity index (χ0v) is 10.8. The Labute approximate surface area is 114 Å². The molecule has 98 valence electrons. The van der Waals surface area contributed by atoms with Crippen molar-refractivity contribution in [3.05, 3.63) is 70.2 Å². The quantitative estimate of drug-likeness (QED) is 0.828. The van der Waals surface area contributed by atoms with Gasteiger partial charge in [-0.1, -0.05) is 35.9 Å². The van der Waals surface area contributed by atoms with Crippen LogP contribution in [0, 0.1) is 11.6 Å². The molecule has 2 aromatic rings. The first-order chi connectivity index (χ1) is 9.06. The zero-order chi connectivity index (χ0) is 13.8. The fourth-order valence-electron chi connectivity index (χ4n) is 1.83. The first kappa shape index (κ1) is 13.7. The largest absolute Gasteiger partial charge is 0.299 e. The SMILES string of the molecule is O=C(Cc1cccc(F)c1)Cc1cccc(Cl)c1F. The maximum atomic E-state index is 13.6.